The first-order valence-corrected chi connectivity index (χ1v) is 6.87. The van der Waals surface area contributed by atoms with Crippen LogP contribution in [0, 0.1) is 0 Å². The van der Waals surface area contributed by atoms with Crippen LogP contribution in [0.3, 0.4) is 0 Å². The van der Waals surface area contributed by atoms with Gasteiger partial charge in [-0.3, -0.25) is 4.98 Å². The molecule has 3 N–H and O–H groups in total. The molecule has 0 bridgehead atoms. The van der Waals surface area contributed by atoms with Gasteiger partial charge in [-0.1, -0.05) is 0 Å². The van der Waals surface area contributed by atoms with Crippen molar-refractivity contribution in [3.8, 4) is 5.88 Å². The zero-order valence-electron chi connectivity index (χ0n) is 11.5. The van der Waals surface area contributed by atoms with Gasteiger partial charge in [0, 0.05) is 18.2 Å². The van der Waals surface area contributed by atoms with Gasteiger partial charge in [0.1, 0.15) is 5.82 Å². The molecule has 0 amide bonds. The molecule has 22 heavy (non-hydrogen) atoms. The summed E-state index contributed by atoms with van der Waals surface area (Å²) in [6.07, 6.45) is 5.20. The predicted octanol–water partition coefficient (Wildman–Crippen LogP) is 2.17. The number of ether oxygens (including phenoxy) is 1. The lowest BCUT2D eigenvalue weighted by atomic mass is 10.0. The number of rotatable bonds is 5. The minimum atomic E-state index is -2.91. The van der Waals surface area contributed by atoms with Crippen molar-refractivity contribution in [2.24, 2.45) is 0 Å². The molecule has 2 aromatic rings. The third kappa shape index (κ3) is 3.48. The summed E-state index contributed by atoms with van der Waals surface area (Å²) in [4.78, 5) is 8.54. The van der Waals surface area contributed by atoms with E-state index in [-0.39, 0.29) is 17.9 Å². The molecule has 0 aliphatic heterocycles. The molecule has 2 aromatic heterocycles. The predicted molar refractivity (Wildman–Crippen MR) is 73.1 cm³/mol. The van der Waals surface area contributed by atoms with Gasteiger partial charge in [-0.15, -0.1) is 0 Å². The molecule has 2 heterocycles. The average Bonchev–Trinajstić information content (AvgIpc) is 3.08. The van der Waals surface area contributed by atoms with Gasteiger partial charge in [0.2, 0.25) is 5.88 Å². The third-order valence-electron chi connectivity index (χ3n) is 3.50. The highest BCUT2D eigenvalue weighted by Crippen LogP contribution is 2.33. The molecule has 0 spiro atoms. The molecule has 0 aromatic carbocycles. The van der Waals surface area contributed by atoms with E-state index >= 15 is 0 Å². The van der Waals surface area contributed by atoms with E-state index in [9.17, 15) is 13.9 Å². The molecule has 7 nitrogen and oxygen atoms in total. The number of hydrogen-bond donors (Lipinski definition) is 3. The quantitative estimate of drug-likeness (QED) is 0.783. The highest BCUT2D eigenvalue weighted by Gasteiger charge is 2.25. The third-order valence-corrected chi connectivity index (χ3v) is 3.50. The zero-order valence-corrected chi connectivity index (χ0v) is 11.5. The second-order valence-electron chi connectivity index (χ2n) is 5.11. The van der Waals surface area contributed by atoms with Crippen molar-refractivity contribution in [1.82, 2.24) is 20.2 Å². The van der Waals surface area contributed by atoms with E-state index in [1.54, 1.807) is 6.20 Å². The van der Waals surface area contributed by atoms with Gasteiger partial charge < -0.3 is 15.2 Å². The number of nitrogens with zero attached hydrogens (tertiary/aromatic N) is 3. The maximum atomic E-state index is 12.1. The topological polar surface area (TPSA) is 96.0 Å². The second kappa shape index (κ2) is 6.22. The Bertz CT molecular complexity index is 636. The van der Waals surface area contributed by atoms with E-state index in [1.165, 1.54) is 12.3 Å². The second-order valence-corrected chi connectivity index (χ2v) is 5.11. The molecule has 3 rings (SSSR count). The zero-order chi connectivity index (χ0) is 15.5. The lowest BCUT2D eigenvalue weighted by molar-refractivity contribution is -0.0528. The normalized spacial score (nSPS) is 21.3. The number of anilines is 2. The van der Waals surface area contributed by atoms with Crippen molar-refractivity contribution in [1.29, 1.82) is 0 Å². The van der Waals surface area contributed by atoms with Gasteiger partial charge in [0.05, 0.1) is 18.0 Å². The fraction of sp³-hybridized carbons (Fsp3) is 0.462. The van der Waals surface area contributed by atoms with Gasteiger partial charge in [-0.2, -0.15) is 13.9 Å². The number of aliphatic hydroxyl groups excluding tert-OH is 1. The minimum absolute atomic E-state index is 0.138. The first kappa shape index (κ1) is 14.6. The van der Waals surface area contributed by atoms with Crippen LogP contribution in [0.2, 0.25) is 0 Å². The lowest BCUT2D eigenvalue weighted by Crippen LogP contribution is -2.04. The van der Waals surface area contributed by atoms with Crippen LogP contribution < -0.4 is 10.1 Å². The Morgan fingerprint density at radius 2 is 2.18 bits per heavy atom. The standard InChI is InChI=1S/C13H15F2N5O2/c14-13(15)22-12-4-10(19-20-12)18-11-6-16-5-9(17-11)7-1-2-8(21)3-7/h4-8,13,21H,1-3H2,(H2,17,18,19,20)/t7-,8-/m1/s1. The maximum absolute atomic E-state index is 12.1. The van der Waals surface area contributed by atoms with Crippen LogP contribution in [0.4, 0.5) is 20.4 Å². The number of halogens is 2. The van der Waals surface area contributed by atoms with E-state index < -0.39 is 6.61 Å². The summed E-state index contributed by atoms with van der Waals surface area (Å²) in [6.45, 7) is -2.91. The summed E-state index contributed by atoms with van der Waals surface area (Å²) in [5, 5.41) is 18.6. The van der Waals surface area contributed by atoms with Crippen molar-refractivity contribution >= 4 is 11.6 Å². The molecule has 0 radical (unpaired) electrons. The molecule has 1 fully saturated rings. The van der Waals surface area contributed by atoms with Crippen molar-refractivity contribution in [3.63, 3.8) is 0 Å². The van der Waals surface area contributed by atoms with E-state index in [2.05, 4.69) is 30.2 Å². The van der Waals surface area contributed by atoms with E-state index in [0.29, 0.717) is 18.1 Å². The number of aromatic amines is 1. The molecule has 1 saturated carbocycles. The highest BCUT2D eigenvalue weighted by molar-refractivity contribution is 5.51. The van der Waals surface area contributed by atoms with Crippen LogP contribution in [0.15, 0.2) is 18.5 Å². The van der Waals surface area contributed by atoms with Crippen LogP contribution in [0.25, 0.3) is 0 Å². The Kier molecular flexibility index (Phi) is 4.14. The van der Waals surface area contributed by atoms with E-state index in [0.717, 1.165) is 18.5 Å². The van der Waals surface area contributed by atoms with Crippen LogP contribution in [0.5, 0.6) is 5.88 Å². The largest absolute Gasteiger partial charge is 0.417 e. The molecule has 9 heteroatoms. The highest BCUT2D eigenvalue weighted by atomic mass is 19.3. The number of H-pyrrole nitrogens is 1. The fourth-order valence-electron chi connectivity index (χ4n) is 2.52. The Morgan fingerprint density at radius 1 is 1.32 bits per heavy atom. The van der Waals surface area contributed by atoms with Crippen molar-refractivity contribution < 1.29 is 18.6 Å². The summed E-state index contributed by atoms with van der Waals surface area (Å²) in [5.74, 6) is 0.796. The first-order chi connectivity index (χ1) is 10.6. The van der Waals surface area contributed by atoms with E-state index in [4.69, 9.17) is 0 Å². The molecular weight excluding hydrogens is 296 g/mol. The molecular formula is C13H15F2N5O2. The molecule has 2 atom stereocenters. The minimum Gasteiger partial charge on any atom is -0.417 e. The number of alkyl halides is 2. The monoisotopic (exact) mass is 311 g/mol. The summed E-state index contributed by atoms with van der Waals surface area (Å²) in [5.41, 5.74) is 0.793. The number of nitrogens with one attached hydrogen (secondary N) is 2. The molecule has 1 aliphatic rings. The Morgan fingerprint density at radius 3 is 2.91 bits per heavy atom. The van der Waals surface area contributed by atoms with Crippen molar-refractivity contribution in [2.45, 2.75) is 37.9 Å². The fourth-order valence-corrected chi connectivity index (χ4v) is 2.52. The first-order valence-electron chi connectivity index (χ1n) is 6.87. The summed E-state index contributed by atoms with van der Waals surface area (Å²) >= 11 is 0. The Balaban J connectivity index is 1.69. The van der Waals surface area contributed by atoms with Crippen LogP contribution in [-0.4, -0.2) is 38.0 Å². The van der Waals surface area contributed by atoms with Crippen LogP contribution >= 0.6 is 0 Å². The van der Waals surface area contributed by atoms with Crippen LogP contribution in [-0.2, 0) is 0 Å². The maximum Gasteiger partial charge on any atom is 0.388 e. The molecule has 118 valence electrons. The lowest BCUT2D eigenvalue weighted by Gasteiger charge is -2.09. The number of aliphatic hydroxyl groups is 1. The van der Waals surface area contributed by atoms with Crippen molar-refractivity contribution in [3.05, 3.63) is 24.2 Å². The van der Waals surface area contributed by atoms with Gasteiger partial charge in [0.15, 0.2) is 5.82 Å². The van der Waals surface area contributed by atoms with Gasteiger partial charge in [-0.05, 0) is 19.3 Å². The van der Waals surface area contributed by atoms with Gasteiger partial charge >= 0.3 is 6.61 Å². The Hall–Kier alpha value is -2.29. The molecule has 1 aliphatic carbocycles. The van der Waals surface area contributed by atoms with Crippen molar-refractivity contribution in [2.75, 3.05) is 5.32 Å². The summed E-state index contributed by atoms with van der Waals surface area (Å²) < 4.78 is 28.4. The number of aromatic nitrogens is 4. The average molecular weight is 311 g/mol. The number of hydrogen-bond acceptors (Lipinski definition) is 6. The summed E-state index contributed by atoms with van der Waals surface area (Å²) in [6, 6.07) is 1.31. The van der Waals surface area contributed by atoms with Gasteiger partial charge in [0.25, 0.3) is 0 Å². The van der Waals surface area contributed by atoms with Gasteiger partial charge in [-0.25, -0.2) is 10.1 Å². The molecule has 0 saturated heterocycles. The van der Waals surface area contributed by atoms with E-state index in [1.807, 2.05) is 0 Å². The Labute approximate surface area is 124 Å². The SMILES string of the molecule is O[C@@H]1CC[C@@H](c2cncc(Nc3cc(OC(F)F)[nH]n3)n2)C1. The van der Waals surface area contributed by atoms with Crippen LogP contribution in [0.1, 0.15) is 30.9 Å². The smallest absolute Gasteiger partial charge is 0.388 e. The summed E-state index contributed by atoms with van der Waals surface area (Å²) in [7, 11) is 0. The molecule has 0 unspecified atom stereocenters.